The van der Waals surface area contributed by atoms with Crippen LogP contribution in [0, 0.1) is 5.82 Å². The summed E-state index contributed by atoms with van der Waals surface area (Å²) < 4.78 is 25.0. The topological polar surface area (TPSA) is 62.9 Å². The molecule has 0 spiro atoms. The largest absolute Gasteiger partial charge is 0.488 e. The fourth-order valence-corrected chi connectivity index (χ4v) is 4.06. The van der Waals surface area contributed by atoms with E-state index in [2.05, 4.69) is 0 Å². The minimum absolute atomic E-state index is 0.179. The second kappa shape index (κ2) is 9.35. The van der Waals surface area contributed by atoms with E-state index in [1.807, 2.05) is 30.3 Å². The number of hydrogen-bond donors (Lipinski definition) is 1. The molecule has 4 rings (SSSR count). The molecule has 31 heavy (non-hydrogen) atoms. The van der Waals surface area contributed by atoms with E-state index >= 15 is 0 Å². The molecule has 6 heteroatoms. The van der Waals surface area contributed by atoms with Crippen molar-refractivity contribution in [2.45, 2.75) is 43.9 Å². The van der Waals surface area contributed by atoms with E-state index in [0.29, 0.717) is 23.5 Å². The lowest BCUT2D eigenvalue weighted by Crippen LogP contribution is -2.49. The minimum Gasteiger partial charge on any atom is -0.488 e. The van der Waals surface area contributed by atoms with Crippen LogP contribution in [0.3, 0.4) is 0 Å². The van der Waals surface area contributed by atoms with Gasteiger partial charge in [0.15, 0.2) is 5.76 Å². The van der Waals surface area contributed by atoms with Gasteiger partial charge in [0, 0.05) is 12.6 Å². The Labute approximate surface area is 181 Å². The summed E-state index contributed by atoms with van der Waals surface area (Å²) in [4.78, 5) is 14.6. The predicted molar refractivity (Wildman–Crippen MR) is 115 cm³/mol. The molecule has 3 aromatic rings. The number of hydrogen-bond acceptors (Lipinski definition) is 4. The first-order valence-corrected chi connectivity index (χ1v) is 10.6. The Hall–Kier alpha value is -3.12. The normalized spacial score (nSPS) is 21.3. The van der Waals surface area contributed by atoms with Gasteiger partial charge in [-0.3, -0.25) is 4.79 Å². The number of para-hydroxylation sites is 1. The highest BCUT2D eigenvalue weighted by atomic mass is 19.1. The molecule has 1 fully saturated rings. The van der Waals surface area contributed by atoms with Crippen molar-refractivity contribution in [2.24, 2.45) is 0 Å². The van der Waals surface area contributed by atoms with E-state index in [-0.39, 0.29) is 23.5 Å². The van der Waals surface area contributed by atoms with Crippen molar-refractivity contribution >= 4 is 5.91 Å². The van der Waals surface area contributed by atoms with E-state index in [4.69, 9.17) is 9.15 Å². The molecule has 5 nitrogen and oxygen atoms in total. The van der Waals surface area contributed by atoms with Gasteiger partial charge < -0.3 is 19.2 Å². The lowest BCUT2D eigenvalue weighted by molar-refractivity contribution is -0.0150. The zero-order valence-electron chi connectivity index (χ0n) is 17.4. The van der Waals surface area contributed by atoms with E-state index in [1.165, 1.54) is 12.1 Å². The molecule has 1 saturated carbocycles. The smallest absolute Gasteiger partial charge is 0.289 e. The first-order chi connectivity index (χ1) is 15.0. The Morgan fingerprint density at radius 3 is 2.48 bits per heavy atom. The van der Waals surface area contributed by atoms with Crippen molar-refractivity contribution in [3.63, 3.8) is 0 Å². The average molecular weight is 423 g/mol. The van der Waals surface area contributed by atoms with Gasteiger partial charge >= 0.3 is 0 Å². The SMILES string of the molecule is CN(C(=O)c1ccc(-c2ccc(F)cc2)o1)[C@@H]1CCCC[C@@H](Oc2ccccc2)[C@@H]1O. The van der Waals surface area contributed by atoms with Crippen LogP contribution in [-0.4, -0.2) is 41.2 Å². The lowest BCUT2D eigenvalue weighted by atomic mass is 10.0. The Bertz CT molecular complexity index is 1000. The second-order valence-corrected chi connectivity index (χ2v) is 7.90. The molecular weight excluding hydrogens is 397 g/mol. The van der Waals surface area contributed by atoms with Gasteiger partial charge in [0.1, 0.15) is 29.5 Å². The summed E-state index contributed by atoms with van der Waals surface area (Å²) in [6.07, 6.45) is 2.02. The van der Waals surface area contributed by atoms with Gasteiger partial charge in [-0.2, -0.15) is 0 Å². The second-order valence-electron chi connectivity index (χ2n) is 7.90. The number of aliphatic hydroxyl groups excluding tert-OH is 1. The van der Waals surface area contributed by atoms with Crippen molar-refractivity contribution in [3.05, 3.63) is 78.3 Å². The van der Waals surface area contributed by atoms with E-state index in [9.17, 15) is 14.3 Å². The van der Waals surface area contributed by atoms with Crippen LogP contribution in [0.1, 0.15) is 36.2 Å². The summed E-state index contributed by atoms with van der Waals surface area (Å²) in [6.45, 7) is 0. The monoisotopic (exact) mass is 423 g/mol. The minimum atomic E-state index is -0.816. The highest BCUT2D eigenvalue weighted by Gasteiger charge is 2.36. The third kappa shape index (κ3) is 4.80. The molecule has 0 bridgehead atoms. The summed E-state index contributed by atoms with van der Waals surface area (Å²) in [5.41, 5.74) is 0.689. The number of ether oxygens (including phenoxy) is 1. The van der Waals surface area contributed by atoms with E-state index in [1.54, 1.807) is 36.2 Å². The Balaban J connectivity index is 1.48. The van der Waals surface area contributed by atoms with Crippen LogP contribution in [-0.2, 0) is 0 Å². The highest BCUT2D eigenvalue weighted by Crippen LogP contribution is 2.28. The Kier molecular flexibility index (Phi) is 6.37. The summed E-state index contributed by atoms with van der Waals surface area (Å²) in [6, 6.07) is 18.2. The Morgan fingerprint density at radius 2 is 1.74 bits per heavy atom. The molecule has 0 aliphatic heterocycles. The fourth-order valence-electron chi connectivity index (χ4n) is 4.06. The van der Waals surface area contributed by atoms with Crippen molar-refractivity contribution in [1.82, 2.24) is 4.90 Å². The summed E-state index contributed by atoms with van der Waals surface area (Å²) in [7, 11) is 1.68. The van der Waals surface area contributed by atoms with Gasteiger partial charge in [0.25, 0.3) is 5.91 Å². The molecule has 1 aromatic heterocycles. The van der Waals surface area contributed by atoms with Crippen molar-refractivity contribution in [1.29, 1.82) is 0 Å². The molecule has 162 valence electrons. The fraction of sp³-hybridized carbons (Fsp3) is 0.320. The van der Waals surface area contributed by atoms with Crippen LogP contribution >= 0.6 is 0 Å². The third-order valence-electron chi connectivity index (χ3n) is 5.81. The molecule has 1 aliphatic rings. The first-order valence-electron chi connectivity index (χ1n) is 10.6. The van der Waals surface area contributed by atoms with Crippen molar-refractivity contribution in [2.75, 3.05) is 7.05 Å². The number of furan rings is 1. The molecule has 1 aliphatic carbocycles. The molecule has 1 N–H and O–H groups in total. The number of rotatable bonds is 5. The first kappa shape index (κ1) is 21.1. The zero-order chi connectivity index (χ0) is 21.8. The van der Waals surface area contributed by atoms with Crippen LogP contribution in [0.2, 0.25) is 0 Å². The van der Waals surface area contributed by atoms with Crippen molar-refractivity contribution < 1.29 is 23.4 Å². The number of carbonyl (C=O) groups excluding carboxylic acids is 1. The molecular formula is C25H26FNO4. The van der Waals surface area contributed by atoms with E-state index < -0.39 is 12.2 Å². The number of aliphatic hydroxyl groups is 1. The average Bonchev–Trinajstić information content (AvgIpc) is 3.21. The molecule has 1 amide bonds. The predicted octanol–water partition coefficient (Wildman–Crippen LogP) is 4.91. The van der Waals surface area contributed by atoms with E-state index in [0.717, 1.165) is 19.3 Å². The number of carbonyl (C=O) groups is 1. The standard InChI is InChI=1S/C25H26FNO4/c1-27(25(29)23-16-15-21(31-23)17-11-13-18(26)14-12-17)20-9-5-6-10-22(24(20)28)30-19-7-3-2-4-8-19/h2-4,7-8,11-16,20,22,24,28H,5-6,9-10H2,1H3/t20-,22-,24-/m1/s1. The number of amides is 1. The lowest BCUT2D eigenvalue weighted by Gasteiger charge is -2.33. The van der Waals surface area contributed by atoms with Gasteiger partial charge in [0.05, 0.1) is 6.04 Å². The van der Waals surface area contributed by atoms with Crippen LogP contribution in [0.15, 0.2) is 71.1 Å². The molecule has 0 unspecified atom stereocenters. The maximum Gasteiger partial charge on any atom is 0.289 e. The summed E-state index contributed by atoms with van der Waals surface area (Å²) in [5, 5.41) is 11.1. The van der Waals surface area contributed by atoms with Crippen LogP contribution < -0.4 is 4.74 Å². The molecule has 0 saturated heterocycles. The van der Waals surface area contributed by atoms with Gasteiger partial charge in [0.2, 0.25) is 0 Å². The van der Waals surface area contributed by atoms with Crippen LogP contribution in [0.25, 0.3) is 11.3 Å². The van der Waals surface area contributed by atoms with Gasteiger partial charge in [-0.05, 0) is 67.8 Å². The maximum absolute atomic E-state index is 13.2. The van der Waals surface area contributed by atoms with Crippen molar-refractivity contribution in [3.8, 4) is 17.1 Å². The number of halogens is 1. The quantitative estimate of drug-likeness (QED) is 0.593. The van der Waals surface area contributed by atoms with Crippen LogP contribution in [0.4, 0.5) is 4.39 Å². The number of benzene rings is 2. The maximum atomic E-state index is 13.2. The van der Waals surface area contributed by atoms with Crippen LogP contribution in [0.5, 0.6) is 5.75 Å². The molecule has 0 radical (unpaired) electrons. The van der Waals surface area contributed by atoms with Gasteiger partial charge in [-0.15, -0.1) is 0 Å². The summed E-state index contributed by atoms with van der Waals surface area (Å²) in [5.74, 6) is 0.733. The number of nitrogens with zero attached hydrogens (tertiary/aromatic N) is 1. The number of likely N-dealkylation sites (N-methyl/N-ethyl adjacent to an activating group) is 1. The molecule has 2 aromatic carbocycles. The summed E-state index contributed by atoms with van der Waals surface area (Å²) >= 11 is 0. The molecule has 1 heterocycles. The highest BCUT2D eigenvalue weighted by molar-refractivity contribution is 5.92. The molecule has 3 atom stereocenters. The van der Waals surface area contributed by atoms with Gasteiger partial charge in [-0.25, -0.2) is 4.39 Å². The third-order valence-corrected chi connectivity index (χ3v) is 5.81. The Morgan fingerprint density at radius 1 is 1.03 bits per heavy atom. The zero-order valence-corrected chi connectivity index (χ0v) is 17.4. The van der Waals surface area contributed by atoms with Gasteiger partial charge in [-0.1, -0.05) is 24.6 Å².